The first kappa shape index (κ1) is 17.0. The molecule has 1 amide bonds. The van der Waals surface area contributed by atoms with Gasteiger partial charge in [-0.05, 0) is 27.2 Å². The SMILES string of the molecule is CCc1nn(C)cc1C(C(=O)O)N(C)C(=O)OC(C)(C)C. The Balaban J connectivity index is 3.12. The Labute approximate surface area is 124 Å². The summed E-state index contributed by atoms with van der Waals surface area (Å²) in [6, 6.07) is -1.12. The minimum Gasteiger partial charge on any atom is -0.479 e. The van der Waals surface area contributed by atoms with Gasteiger partial charge in [-0.2, -0.15) is 5.10 Å². The fourth-order valence-corrected chi connectivity index (χ4v) is 2.00. The number of rotatable bonds is 4. The van der Waals surface area contributed by atoms with E-state index >= 15 is 0 Å². The van der Waals surface area contributed by atoms with E-state index in [1.807, 2.05) is 6.92 Å². The van der Waals surface area contributed by atoms with Gasteiger partial charge >= 0.3 is 12.1 Å². The van der Waals surface area contributed by atoms with E-state index in [9.17, 15) is 14.7 Å². The van der Waals surface area contributed by atoms with Gasteiger partial charge in [-0.1, -0.05) is 6.92 Å². The van der Waals surface area contributed by atoms with Gasteiger partial charge in [-0.25, -0.2) is 9.59 Å². The van der Waals surface area contributed by atoms with E-state index in [1.54, 1.807) is 38.7 Å². The molecule has 0 spiro atoms. The average molecular weight is 297 g/mol. The van der Waals surface area contributed by atoms with Crippen LogP contribution in [0.4, 0.5) is 4.79 Å². The minimum absolute atomic E-state index is 0.501. The quantitative estimate of drug-likeness (QED) is 0.918. The molecule has 1 aromatic rings. The van der Waals surface area contributed by atoms with E-state index < -0.39 is 23.7 Å². The van der Waals surface area contributed by atoms with Gasteiger partial charge in [-0.3, -0.25) is 9.58 Å². The van der Waals surface area contributed by atoms with Crippen molar-refractivity contribution < 1.29 is 19.4 Å². The summed E-state index contributed by atoms with van der Waals surface area (Å²) in [5, 5.41) is 13.7. The molecular weight excluding hydrogens is 274 g/mol. The van der Waals surface area contributed by atoms with Crippen molar-refractivity contribution >= 4 is 12.1 Å². The number of hydrogen-bond donors (Lipinski definition) is 1. The van der Waals surface area contributed by atoms with Gasteiger partial charge in [0.2, 0.25) is 0 Å². The number of aliphatic carboxylic acids is 1. The number of nitrogens with zero attached hydrogens (tertiary/aromatic N) is 3. The van der Waals surface area contributed by atoms with Crippen molar-refractivity contribution in [1.29, 1.82) is 0 Å². The molecule has 1 atom stereocenters. The summed E-state index contributed by atoms with van der Waals surface area (Å²) in [7, 11) is 3.13. The van der Waals surface area contributed by atoms with E-state index in [2.05, 4.69) is 5.10 Å². The lowest BCUT2D eigenvalue weighted by atomic mass is 10.1. The summed E-state index contributed by atoms with van der Waals surface area (Å²) >= 11 is 0. The summed E-state index contributed by atoms with van der Waals surface area (Å²) in [4.78, 5) is 24.8. The number of hydrogen-bond acceptors (Lipinski definition) is 4. The highest BCUT2D eigenvalue weighted by Gasteiger charge is 2.34. The first-order valence-electron chi connectivity index (χ1n) is 6.77. The van der Waals surface area contributed by atoms with Crippen LogP contribution in [0.2, 0.25) is 0 Å². The van der Waals surface area contributed by atoms with E-state index in [0.29, 0.717) is 17.7 Å². The topological polar surface area (TPSA) is 84.7 Å². The van der Waals surface area contributed by atoms with E-state index in [0.717, 1.165) is 4.90 Å². The number of ether oxygens (including phenoxy) is 1. The van der Waals surface area contributed by atoms with Crippen LogP contribution in [0.3, 0.4) is 0 Å². The molecule has 7 heteroatoms. The van der Waals surface area contributed by atoms with Crippen molar-refractivity contribution in [3.8, 4) is 0 Å². The maximum atomic E-state index is 12.1. The Morgan fingerprint density at radius 2 is 2.05 bits per heavy atom. The van der Waals surface area contributed by atoms with Gasteiger partial charge in [0.15, 0.2) is 6.04 Å². The molecule has 7 nitrogen and oxygen atoms in total. The minimum atomic E-state index is -1.12. The number of carboxylic acid groups (broad SMARTS) is 1. The van der Waals surface area contributed by atoms with Gasteiger partial charge in [0, 0.05) is 25.9 Å². The molecule has 1 aromatic heterocycles. The van der Waals surface area contributed by atoms with E-state index in [4.69, 9.17) is 4.74 Å². The molecule has 1 rings (SSSR count). The highest BCUT2D eigenvalue weighted by molar-refractivity contribution is 5.81. The largest absolute Gasteiger partial charge is 0.479 e. The fourth-order valence-electron chi connectivity index (χ4n) is 2.00. The lowest BCUT2D eigenvalue weighted by Crippen LogP contribution is -2.39. The Hall–Kier alpha value is -2.05. The molecule has 0 saturated heterocycles. The van der Waals surface area contributed by atoms with Crippen LogP contribution < -0.4 is 0 Å². The molecule has 1 heterocycles. The van der Waals surface area contributed by atoms with E-state index in [1.165, 1.54) is 7.05 Å². The fraction of sp³-hybridized carbons (Fsp3) is 0.643. The van der Waals surface area contributed by atoms with E-state index in [-0.39, 0.29) is 0 Å². The highest BCUT2D eigenvalue weighted by atomic mass is 16.6. The Kier molecular flexibility index (Phi) is 4.98. The lowest BCUT2D eigenvalue weighted by molar-refractivity contribution is -0.143. The molecule has 0 fully saturated rings. The van der Waals surface area contributed by atoms with Crippen LogP contribution in [-0.2, 0) is 23.0 Å². The number of aromatic nitrogens is 2. The molecule has 0 aliphatic rings. The zero-order valence-electron chi connectivity index (χ0n) is 13.4. The van der Waals surface area contributed by atoms with Crippen LogP contribution in [-0.4, -0.2) is 44.5 Å². The highest BCUT2D eigenvalue weighted by Crippen LogP contribution is 2.25. The van der Waals surface area contributed by atoms with Gasteiger partial charge < -0.3 is 9.84 Å². The van der Waals surface area contributed by atoms with Crippen LogP contribution >= 0.6 is 0 Å². The number of likely N-dealkylation sites (N-methyl/N-ethyl adjacent to an activating group) is 1. The smallest absolute Gasteiger partial charge is 0.411 e. The van der Waals surface area contributed by atoms with Crippen molar-refractivity contribution in [3.05, 3.63) is 17.5 Å². The summed E-state index contributed by atoms with van der Waals surface area (Å²) in [5.41, 5.74) is 0.470. The normalized spacial score (nSPS) is 12.9. The zero-order chi connectivity index (χ0) is 16.4. The van der Waals surface area contributed by atoms with Crippen molar-refractivity contribution in [1.82, 2.24) is 14.7 Å². The molecule has 0 bridgehead atoms. The number of carboxylic acids is 1. The lowest BCUT2D eigenvalue weighted by Gasteiger charge is -2.28. The second kappa shape index (κ2) is 6.15. The Morgan fingerprint density at radius 3 is 2.48 bits per heavy atom. The Bertz CT molecular complexity index is 531. The van der Waals surface area contributed by atoms with Crippen LogP contribution in [0.5, 0.6) is 0 Å². The van der Waals surface area contributed by atoms with Crippen LogP contribution in [0.15, 0.2) is 6.20 Å². The molecule has 0 aliphatic heterocycles. The van der Waals surface area contributed by atoms with Crippen LogP contribution in [0.25, 0.3) is 0 Å². The zero-order valence-corrected chi connectivity index (χ0v) is 13.4. The second-order valence-electron chi connectivity index (χ2n) is 5.89. The molecule has 1 unspecified atom stereocenters. The standard InChI is InChI=1S/C14H23N3O4/c1-7-10-9(8-16(5)15-10)11(12(18)19)17(6)13(20)21-14(2,3)4/h8,11H,7H2,1-6H3,(H,18,19). The number of carbonyl (C=O) groups excluding carboxylic acids is 1. The van der Waals surface area contributed by atoms with Crippen molar-refractivity contribution in [2.45, 2.75) is 45.8 Å². The third kappa shape index (κ3) is 4.21. The van der Waals surface area contributed by atoms with Crippen molar-refractivity contribution in [3.63, 3.8) is 0 Å². The predicted molar refractivity (Wildman–Crippen MR) is 77.0 cm³/mol. The van der Waals surface area contributed by atoms with Crippen molar-refractivity contribution in [2.24, 2.45) is 7.05 Å². The monoisotopic (exact) mass is 297 g/mol. The third-order valence-electron chi connectivity index (χ3n) is 2.87. The first-order valence-corrected chi connectivity index (χ1v) is 6.77. The van der Waals surface area contributed by atoms with Gasteiger partial charge in [0.05, 0.1) is 5.69 Å². The summed E-state index contributed by atoms with van der Waals surface area (Å²) in [6.07, 6.45) is 1.53. The molecular formula is C14H23N3O4. The molecule has 21 heavy (non-hydrogen) atoms. The first-order chi connectivity index (χ1) is 9.56. The molecule has 0 radical (unpaired) electrons. The Morgan fingerprint density at radius 1 is 1.48 bits per heavy atom. The predicted octanol–water partition coefficient (Wildman–Crippen LogP) is 1.98. The van der Waals surface area contributed by atoms with Crippen LogP contribution in [0.1, 0.15) is 45.0 Å². The van der Waals surface area contributed by atoms with Crippen molar-refractivity contribution in [2.75, 3.05) is 7.05 Å². The van der Waals surface area contributed by atoms with Gasteiger partial charge in [-0.15, -0.1) is 0 Å². The number of aryl methyl sites for hydroxylation is 2. The summed E-state index contributed by atoms with van der Waals surface area (Å²) < 4.78 is 6.78. The maximum absolute atomic E-state index is 12.1. The summed E-state index contributed by atoms with van der Waals surface area (Å²) in [6.45, 7) is 7.08. The maximum Gasteiger partial charge on any atom is 0.411 e. The second-order valence-corrected chi connectivity index (χ2v) is 5.89. The molecule has 0 aromatic carbocycles. The third-order valence-corrected chi connectivity index (χ3v) is 2.87. The summed E-state index contributed by atoms with van der Waals surface area (Å²) in [5.74, 6) is -1.12. The number of amides is 1. The molecule has 0 aliphatic carbocycles. The molecule has 118 valence electrons. The number of carbonyl (C=O) groups is 2. The molecule has 1 N–H and O–H groups in total. The van der Waals surface area contributed by atoms with Gasteiger partial charge in [0.25, 0.3) is 0 Å². The van der Waals surface area contributed by atoms with Gasteiger partial charge in [0.1, 0.15) is 5.60 Å². The average Bonchev–Trinajstić information content (AvgIpc) is 2.67. The molecule has 0 saturated carbocycles. The van der Waals surface area contributed by atoms with Crippen LogP contribution in [0, 0.1) is 0 Å².